The molecule has 1 nitrogen and oxygen atoms in total. The van der Waals surface area contributed by atoms with E-state index in [0.717, 1.165) is 54.5 Å². The molecule has 0 fully saturated rings. The van der Waals surface area contributed by atoms with E-state index in [9.17, 15) is 4.39 Å². The average Bonchev–Trinajstić information content (AvgIpc) is 2.62. The summed E-state index contributed by atoms with van der Waals surface area (Å²) in [6, 6.07) is 8.38. The maximum atomic E-state index is 14.7. The van der Waals surface area contributed by atoms with E-state index in [-0.39, 0.29) is 11.7 Å². The molecule has 1 aromatic carbocycles. The largest absolute Gasteiger partial charge is 0.253 e. The Hall–Kier alpha value is -1.70. The highest BCUT2D eigenvalue weighted by molar-refractivity contribution is 5.86. The highest BCUT2D eigenvalue weighted by Crippen LogP contribution is 2.39. The smallest absolute Gasteiger partial charge is 0.107 e. The molecule has 0 radical (unpaired) electrons. The van der Waals surface area contributed by atoms with Gasteiger partial charge in [-0.3, -0.25) is 4.98 Å². The van der Waals surface area contributed by atoms with Crippen LogP contribution >= 0.6 is 0 Å². The standard InChI is InChI=1S/C20H24FN.C2H6/c1-4-14-7-6-8-17(20(14)21)16-9-10-19-18(12-16)15(5-2)11-13(3)22-19;1-2/h9-12,14H,4-8H2,1-3H3;1-2H3. The second kappa shape index (κ2) is 8.41. The molecule has 1 aliphatic carbocycles. The third-order valence-electron chi connectivity index (χ3n) is 4.87. The van der Waals surface area contributed by atoms with Crippen molar-refractivity contribution in [3.63, 3.8) is 0 Å². The predicted molar refractivity (Wildman–Crippen MR) is 103 cm³/mol. The molecule has 1 heterocycles. The lowest BCUT2D eigenvalue weighted by Gasteiger charge is -2.23. The number of hydrogen-bond donors (Lipinski definition) is 0. The Morgan fingerprint density at radius 1 is 1.17 bits per heavy atom. The number of allylic oxidation sites excluding steroid dienone is 2. The van der Waals surface area contributed by atoms with Gasteiger partial charge < -0.3 is 0 Å². The fourth-order valence-electron chi connectivity index (χ4n) is 3.61. The molecule has 130 valence electrons. The number of pyridine rings is 1. The zero-order valence-corrected chi connectivity index (χ0v) is 15.7. The Kier molecular flexibility index (Phi) is 6.53. The molecule has 1 atom stereocenters. The van der Waals surface area contributed by atoms with Crippen LogP contribution in [0.15, 0.2) is 30.1 Å². The minimum atomic E-state index is 0.112. The monoisotopic (exact) mass is 327 g/mol. The van der Waals surface area contributed by atoms with Crippen LogP contribution in [0, 0.1) is 12.8 Å². The molecule has 24 heavy (non-hydrogen) atoms. The summed E-state index contributed by atoms with van der Waals surface area (Å²) in [5.74, 6) is 0.229. The summed E-state index contributed by atoms with van der Waals surface area (Å²) in [6.45, 7) is 10.3. The van der Waals surface area contributed by atoms with Gasteiger partial charge in [0.2, 0.25) is 0 Å². The van der Waals surface area contributed by atoms with Crippen LogP contribution in [0.2, 0.25) is 0 Å². The number of nitrogens with zero attached hydrogens (tertiary/aromatic N) is 1. The summed E-state index contributed by atoms with van der Waals surface area (Å²) in [6.07, 6.45) is 4.80. The number of aromatic nitrogens is 1. The lowest BCUT2D eigenvalue weighted by atomic mass is 9.84. The summed E-state index contributed by atoms with van der Waals surface area (Å²) < 4.78 is 14.7. The Bertz CT molecular complexity index is 730. The van der Waals surface area contributed by atoms with Crippen LogP contribution in [0.1, 0.15) is 70.2 Å². The van der Waals surface area contributed by atoms with Gasteiger partial charge in [-0.15, -0.1) is 0 Å². The molecule has 0 aliphatic heterocycles. The zero-order valence-electron chi connectivity index (χ0n) is 15.7. The van der Waals surface area contributed by atoms with Crippen LogP contribution in [0.25, 0.3) is 16.5 Å². The minimum absolute atomic E-state index is 0.112. The quantitative estimate of drug-likeness (QED) is 0.590. The molecular formula is C22H30FN. The van der Waals surface area contributed by atoms with E-state index in [2.05, 4.69) is 31.0 Å². The van der Waals surface area contributed by atoms with E-state index in [4.69, 9.17) is 0 Å². The van der Waals surface area contributed by atoms with Crippen molar-refractivity contribution in [3.05, 3.63) is 46.9 Å². The van der Waals surface area contributed by atoms with Gasteiger partial charge >= 0.3 is 0 Å². The van der Waals surface area contributed by atoms with Crippen LogP contribution in [-0.2, 0) is 6.42 Å². The van der Waals surface area contributed by atoms with E-state index in [0.29, 0.717) is 0 Å². The van der Waals surface area contributed by atoms with E-state index in [1.54, 1.807) is 0 Å². The highest BCUT2D eigenvalue weighted by Gasteiger charge is 2.23. The lowest BCUT2D eigenvalue weighted by molar-refractivity contribution is 0.404. The Morgan fingerprint density at radius 3 is 2.58 bits per heavy atom. The average molecular weight is 327 g/mol. The fraction of sp³-hybridized carbons (Fsp3) is 0.500. The van der Waals surface area contributed by atoms with Crippen molar-refractivity contribution >= 4 is 16.5 Å². The van der Waals surface area contributed by atoms with Crippen LogP contribution in [-0.4, -0.2) is 4.98 Å². The van der Waals surface area contributed by atoms with E-state index in [1.807, 2.05) is 32.9 Å². The lowest BCUT2D eigenvalue weighted by Crippen LogP contribution is -2.08. The zero-order chi connectivity index (χ0) is 17.7. The van der Waals surface area contributed by atoms with E-state index >= 15 is 0 Å². The van der Waals surface area contributed by atoms with Gasteiger partial charge in [0, 0.05) is 17.0 Å². The second-order valence-corrected chi connectivity index (χ2v) is 6.33. The predicted octanol–water partition coefficient (Wildman–Crippen LogP) is 7.02. The molecule has 1 unspecified atom stereocenters. The van der Waals surface area contributed by atoms with Gasteiger partial charge in [0.1, 0.15) is 5.83 Å². The Balaban J connectivity index is 0.00000100. The maximum absolute atomic E-state index is 14.7. The van der Waals surface area contributed by atoms with Gasteiger partial charge in [0.15, 0.2) is 0 Å². The Morgan fingerprint density at radius 2 is 1.92 bits per heavy atom. The van der Waals surface area contributed by atoms with Crippen molar-refractivity contribution in [1.29, 1.82) is 0 Å². The molecule has 2 heteroatoms. The number of benzene rings is 1. The number of halogens is 1. The molecule has 3 rings (SSSR count). The first kappa shape index (κ1) is 18.6. The van der Waals surface area contributed by atoms with Gasteiger partial charge in [-0.1, -0.05) is 33.8 Å². The van der Waals surface area contributed by atoms with Crippen molar-refractivity contribution in [1.82, 2.24) is 4.98 Å². The van der Waals surface area contributed by atoms with Crippen molar-refractivity contribution in [3.8, 4) is 0 Å². The van der Waals surface area contributed by atoms with Crippen LogP contribution in [0.4, 0.5) is 4.39 Å². The van der Waals surface area contributed by atoms with E-state index in [1.165, 1.54) is 10.9 Å². The first-order valence-electron chi connectivity index (χ1n) is 9.43. The molecule has 0 saturated carbocycles. The number of rotatable bonds is 3. The molecule has 0 amide bonds. The molecule has 0 bridgehead atoms. The third-order valence-corrected chi connectivity index (χ3v) is 4.87. The first-order chi connectivity index (χ1) is 11.6. The topological polar surface area (TPSA) is 12.9 Å². The van der Waals surface area contributed by atoms with Gasteiger partial charge in [0.05, 0.1) is 5.52 Å². The number of hydrogen-bond acceptors (Lipinski definition) is 1. The first-order valence-corrected chi connectivity index (χ1v) is 9.43. The fourth-order valence-corrected chi connectivity index (χ4v) is 3.61. The van der Waals surface area contributed by atoms with E-state index < -0.39 is 0 Å². The summed E-state index contributed by atoms with van der Waals surface area (Å²) >= 11 is 0. The number of aryl methyl sites for hydroxylation is 2. The summed E-state index contributed by atoms with van der Waals surface area (Å²) in [7, 11) is 0. The molecule has 2 aromatic rings. The highest BCUT2D eigenvalue weighted by atomic mass is 19.1. The minimum Gasteiger partial charge on any atom is -0.253 e. The van der Waals surface area contributed by atoms with Crippen molar-refractivity contribution in [2.24, 2.45) is 5.92 Å². The van der Waals surface area contributed by atoms with Crippen LogP contribution in [0.5, 0.6) is 0 Å². The van der Waals surface area contributed by atoms with Crippen molar-refractivity contribution in [2.75, 3.05) is 0 Å². The van der Waals surface area contributed by atoms with Gasteiger partial charge in [-0.25, -0.2) is 4.39 Å². The van der Waals surface area contributed by atoms with Crippen LogP contribution in [0.3, 0.4) is 0 Å². The third kappa shape index (κ3) is 3.68. The molecular weight excluding hydrogens is 297 g/mol. The van der Waals surface area contributed by atoms with Gasteiger partial charge in [-0.2, -0.15) is 0 Å². The molecule has 0 saturated heterocycles. The van der Waals surface area contributed by atoms with Crippen molar-refractivity contribution < 1.29 is 4.39 Å². The normalized spacial score (nSPS) is 17.7. The molecule has 0 spiro atoms. The second-order valence-electron chi connectivity index (χ2n) is 6.33. The summed E-state index contributed by atoms with van der Waals surface area (Å²) in [5, 5.41) is 1.17. The molecule has 1 aromatic heterocycles. The SMILES string of the molecule is CC.CCc1cc(C)nc2ccc(C3=C(F)C(CC)CCC3)cc12. The maximum Gasteiger partial charge on any atom is 0.107 e. The molecule has 0 N–H and O–H groups in total. The summed E-state index contributed by atoms with van der Waals surface area (Å²) in [5.41, 5.74) is 5.33. The molecule has 1 aliphatic rings. The van der Waals surface area contributed by atoms with Crippen molar-refractivity contribution in [2.45, 2.75) is 66.7 Å². The summed E-state index contributed by atoms with van der Waals surface area (Å²) in [4.78, 5) is 4.61. The number of fused-ring (bicyclic) bond motifs is 1. The van der Waals surface area contributed by atoms with Crippen LogP contribution < -0.4 is 0 Å². The van der Waals surface area contributed by atoms with Gasteiger partial charge in [0.25, 0.3) is 0 Å². The Labute approximate surface area is 146 Å². The van der Waals surface area contributed by atoms with Gasteiger partial charge in [-0.05, 0) is 73.9 Å².